The van der Waals surface area contributed by atoms with Crippen molar-refractivity contribution in [3.63, 3.8) is 0 Å². The maximum absolute atomic E-state index is 12.5. The number of fused-ring (bicyclic) bond motifs is 1. The van der Waals surface area contributed by atoms with Gasteiger partial charge < -0.3 is 14.8 Å². The van der Waals surface area contributed by atoms with E-state index in [1.54, 1.807) is 6.92 Å². The molecule has 0 saturated heterocycles. The van der Waals surface area contributed by atoms with Gasteiger partial charge >= 0.3 is 11.9 Å². The van der Waals surface area contributed by atoms with E-state index >= 15 is 0 Å². The standard InChI is InChI=1S/C23H27NO7S2/c1-4-30-23(27)20-17-10-5-14(2)11-18(17)32-21(20)24-19(25)12-31-22(26)16-8-6-15(7-9-16)13-33(3,28)29/h6-9,14H,4-5,10-13H2,1-3H3,(H,24,25). The number of benzene rings is 1. The van der Waals surface area contributed by atoms with Crippen LogP contribution in [0.15, 0.2) is 24.3 Å². The third-order valence-corrected chi connectivity index (χ3v) is 7.22. The Balaban J connectivity index is 1.65. The summed E-state index contributed by atoms with van der Waals surface area (Å²) < 4.78 is 33.0. The van der Waals surface area contributed by atoms with E-state index in [-0.39, 0.29) is 17.9 Å². The molecule has 1 aliphatic carbocycles. The second kappa shape index (κ2) is 10.5. The van der Waals surface area contributed by atoms with E-state index in [1.165, 1.54) is 35.6 Å². The Morgan fingerprint density at radius 3 is 2.45 bits per heavy atom. The number of thiophene rings is 1. The highest BCUT2D eigenvalue weighted by atomic mass is 32.2. The van der Waals surface area contributed by atoms with Crippen LogP contribution in [0.25, 0.3) is 0 Å². The lowest BCUT2D eigenvalue weighted by molar-refractivity contribution is -0.119. The molecule has 1 unspecified atom stereocenters. The average Bonchev–Trinajstić information content (AvgIpc) is 3.08. The molecular formula is C23H27NO7S2. The summed E-state index contributed by atoms with van der Waals surface area (Å²) in [5.74, 6) is -1.36. The van der Waals surface area contributed by atoms with Gasteiger partial charge in [-0.15, -0.1) is 11.3 Å². The smallest absolute Gasteiger partial charge is 0.341 e. The summed E-state index contributed by atoms with van der Waals surface area (Å²) in [5, 5.41) is 3.11. The fraction of sp³-hybridized carbons (Fsp3) is 0.435. The number of hydrogen-bond donors (Lipinski definition) is 1. The van der Waals surface area contributed by atoms with E-state index < -0.39 is 34.3 Å². The number of anilines is 1. The molecule has 1 atom stereocenters. The second-order valence-electron chi connectivity index (χ2n) is 8.17. The zero-order valence-electron chi connectivity index (χ0n) is 18.8. The SMILES string of the molecule is CCOC(=O)c1c(NC(=O)COC(=O)c2ccc(CS(C)(=O)=O)cc2)sc2c1CCC(C)C2. The van der Waals surface area contributed by atoms with Crippen LogP contribution in [0.4, 0.5) is 5.00 Å². The van der Waals surface area contributed by atoms with Gasteiger partial charge in [0.05, 0.1) is 23.5 Å². The van der Waals surface area contributed by atoms with E-state index in [0.29, 0.717) is 22.0 Å². The monoisotopic (exact) mass is 493 g/mol. The number of nitrogens with one attached hydrogen (secondary N) is 1. The minimum Gasteiger partial charge on any atom is -0.462 e. The summed E-state index contributed by atoms with van der Waals surface area (Å²) in [5.41, 5.74) is 2.07. The predicted molar refractivity (Wildman–Crippen MR) is 125 cm³/mol. The molecule has 1 heterocycles. The van der Waals surface area contributed by atoms with Crippen molar-refractivity contribution >= 4 is 44.0 Å². The second-order valence-corrected chi connectivity index (χ2v) is 11.4. The first-order chi connectivity index (χ1) is 15.6. The Morgan fingerprint density at radius 1 is 1.12 bits per heavy atom. The van der Waals surface area contributed by atoms with Crippen molar-refractivity contribution in [3.05, 3.63) is 51.4 Å². The molecule has 0 bridgehead atoms. The summed E-state index contributed by atoms with van der Waals surface area (Å²) in [7, 11) is -3.18. The van der Waals surface area contributed by atoms with E-state index in [2.05, 4.69) is 12.2 Å². The zero-order valence-corrected chi connectivity index (χ0v) is 20.4. The van der Waals surface area contributed by atoms with Crippen LogP contribution in [0.1, 0.15) is 57.0 Å². The Kier molecular flexibility index (Phi) is 7.91. The lowest BCUT2D eigenvalue weighted by atomic mass is 9.88. The molecule has 2 aromatic rings. The molecule has 3 rings (SSSR count). The van der Waals surface area contributed by atoms with Crippen molar-refractivity contribution in [3.8, 4) is 0 Å². The number of hydrogen-bond acceptors (Lipinski definition) is 8. The molecule has 8 nitrogen and oxygen atoms in total. The molecule has 0 saturated carbocycles. The minimum absolute atomic E-state index is 0.128. The zero-order chi connectivity index (χ0) is 24.2. The molecule has 0 fully saturated rings. The molecule has 0 aliphatic heterocycles. The van der Waals surface area contributed by atoms with Gasteiger partial charge in [-0.05, 0) is 55.4 Å². The lowest BCUT2D eigenvalue weighted by Gasteiger charge is -2.18. The molecule has 10 heteroatoms. The van der Waals surface area contributed by atoms with Crippen LogP contribution in [-0.4, -0.2) is 45.7 Å². The van der Waals surface area contributed by atoms with E-state index in [4.69, 9.17) is 9.47 Å². The summed E-state index contributed by atoms with van der Waals surface area (Å²) in [4.78, 5) is 38.3. The van der Waals surface area contributed by atoms with Gasteiger partial charge in [-0.3, -0.25) is 4.79 Å². The van der Waals surface area contributed by atoms with Crippen LogP contribution < -0.4 is 5.32 Å². The average molecular weight is 494 g/mol. The maximum atomic E-state index is 12.5. The van der Waals surface area contributed by atoms with Gasteiger partial charge in [0, 0.05) is 11.1 Å². The van der Waals surface area contributed by atoms with E-state index in [0.717, 1.165) is 36.0 Å². The van der Waals surface area contributed by atoms with E-state index in [1.807, 2.05) is 0 Å². The Morgan fingerprint density at radius 2 is 1.82 bits per heavy atom. The third-order valence-electron chi connectivity index (χ3n) is 5.20. The molecule has 0 radical (unpaired) electrons. The molecule has 33 heavy (non-hydrogen) atoms. The number of sulfone groups is 1. The normalized spacial score (nSPS) is 15.4. The molecule has 1 amide bonds. The highest BCUT2D eigenvalue weighted by Crippen LogP contribution is 2.40. The van der Waals surface area contributed by atoms with Crippen LogP contribution in [0.5, 0.6) is 0 Å². The Labute approximate surface area is 197 Å². The van der Waals surface area contributed by atoms with Crippen molar-refractivity contribution in [2.24, 2.45) is 5.92 Å². The van der Waals surface area contributed by atoms with Crippen molar-refractivity contribution in [2.45, 2.75) is 38.9 Å². The first-order valence-electron chi connectivity index (χ1n) is 10.6. The number of carbonyl (C=O) groups is 3. The van der Waals surface area contributed by atoms with Crippen LogP contribution in [-0.2, 0) is 42.7 Å². The topological polar surface area (TPSA) is 116 Å². The number of ether oxygens (including phenoxy) is 2. The highest BCUT2D eigenvalue weighted by molar-refractivity contribution is 7.89. The Bertz CT molecular complexity index is 1150. The predicted octanol–water partition coefficient (Wildman–Crippen LogP) is 3.39. The molecule has 1 aromatic heterocycles. The summed E-state index contributed by atoms with van der Waals surface area (Å²) in [6.45, 7) is 3.58. The maximum Gasteiger partial charge on any atom is 0.341 e. The molecular weight excluding hydrogens is 466 g/mol. The lowest BCUT2D eigenvalue weighted by Crippen LogP contribution is -2.22. The minimum atomic E-state index is -3.18. The van der Waals surface area contributed by atoms with Gasteiger partial charge in [0.1, 0.15) is 5.00 Å². The van der Waals surface area contributed by atoms with Gasteiger partial charge in [0.25, 0.3) is 5.91 Å². The van der Waals surface area contributed by atoms with Crippen LogP contribution in [0.2, 0.25) is 0 Å². The van der Waals surface area contributed by atoms with Crippen LogP contribution >= 0.6 is 11.3 Å². The molecule has 1 N–H and O–H groups in total. The fourth-order valence-electron chi connectivity index (χ4n) is 3.67. The van der Waals surface area contributed by atoms with Gasteiger partial charge in [-0.2, -0.15) is 0 Å². The largest absolute Gasteiger partial charge is 0.462 e. The quantitative estimate of drug-likeness (QED) is 0.560. The van der Waals surface area contributed by atoms with Gasteiger partial charge in [0.2, 0.25) is 0 Å². The molecule has 0 spiro atoms. The van der Waals surface area contributed by atoms with Crippen molar-refractivity contribution in [2.75, 3.05) is 24.8 Å². The fourth-order valence-corrected chi connectivity index (χ4v) is 5.89. The summed E-state index contributed by atoms with van der Waals surface area (Å²) >= 11 is 1.36. The van der Waals surface area contributed by atoms with Crippen LogP contribution in [0, 0.1) is 5.92 Å². The summed E-state index contributed by atoms with van der Waals surface area (Å²) in [6, 6.07) is 5.96. The van der Waals surface area contributed by atoms with Crippen molar-refractivity contribution in [1.82, 2.24) is 0 Å². The molecule has 178 valence electrons. The third kappa shape index (κ3) is 6.64. The number of esters is 2. The molecule has 1 aromatic carbocycles. The summed E-state index contributed by atoms with van der Waals surface area (Å²) in [6.07, 6.45) is 3.68. The van der Waals surface area contributed by atoms with Gasteiger partial charge in [-0.1, -0.05) is 19.1 Å². The highest BCUT2D eigenvalue weighted by Gasteiger charge is 2.29. The Hall–Kier alpha value is -2.72. The first kappa shape index (κ1) is 24.9. The molecule has 1 aliphatic rings. The number of amides is 1. The van der Waals surface area contributed by atoms with E-state index in [9.17, 15) is 22.8 Å². The number of rotatable bonds is 8. The van der Waals surface area contributed by atoms with Gasteiger partial charge in [-0.25, -0.2) is 18.0 Å². The van der Waals surface area contributed by atoms with Gasteiger partial charge in [0.15, 0.2) is 16.4 Å². The van der Waals surface area contributed by atoms with Crippen LogP contribution in [0.3, 0.4) is 0 Å². The van der Waals surface area contributed by atoms with Crippen molar-refractivity contribution in [1.29, 1.82) is 0 Å². The van der Waals surface area contributed by atoms with Crippen molar-refractivity contribution < 1.29 is 32.3 Å². The number of carbonyl (C=O) groups excluding carboxylic acids is 3. The first-order valence-corrected chi connectivity index (χ1v) is 13.5.